The van der Waals surface area contributed by atoms with Crippen molar-refractivity contribution in [2.75, 3.05) is 79.3 Å². The van der Waals surface area contributed by atoms with Gasteiger partial charge >= 0.3 is 207 Å². The maximum absolute atomic E-state index is 6.11. The molecule has 0 aromatic rings. The predicted octanol–water partition coefficient (Wildman–Crippen LogP) is 4.56. The van der Waals surface area contributed by atoms with Crippen LogP contribution in [0.4, 0.5) is 0 Å². The number of hydrogen-bond donors (Lipinski definition) is 0. The molecule has 0 radical (unpaired) electrons. The van der Waals surface area contributed by atoms with Gasteiger partial charge < -0.3 is 0 Å². The van der Waals surface area contributed by atoms with Gasteiger partial charge in [-0.3, -0.25) is 0 Å². The fraction of sp³-hybridized carbons (Fsp3) is 1.00. The second-order valence-corrected chi connectivity index (χ2v) is 12.7. The van der Waals surface area contributed by atoms with Crippen LogP contribution in [-0.2, 0) is 49.0 Å². The Morgan fingerprint density at radius 1 is 0.364 bits per heavy atom. The van der Waals surface area contributed by atoms with Crippen molar-refractivity contribution in [2.45, 2.75) is 55.4 Å². The summed E-state index contributed by atoms with van der Waals surface area (Å²) in [5.74, 6) is 1.86. The summed E-state index contributed by atoms with van der Waals surface area (Å²) in [4.78, 5) is 0. The van der Waals surface area contributed by atoms with Gasteiger partial charge in [0.05, 0.1) is 0 Å². The van der Waals surface area contributed by atoms with Crippen molar-refractivity contribution < 1.29 is 49.0 Å². The molecule has 0 fully saturated rings. The van der Waals surface area contributed by atoms with Crippen LogP contribution in [-0.4, -0.2) is 79.3 Å². The molecule has 0 aliphatic heterocycles. The molecule has 0 rings (SSSR count). The zero-order chi connectivity index (χ0) is 25.0. The molecule has 201 valence electrons. The minimum atomic E-state index is -3.84. The molecule has 0 amide bonds. The Balaban J connectivity index is 4.87. The SMILES string of the molecule is CC(C)COCC[O][V]([O]CCOCC(C)C)([O]CCOCC(C)C)[O]CCOCC(C)C. The molecule has 0 aliphatic rings. The molecule has 0 aromatic carbocycles. The van der Waals surface area contributed by atoms with Crippen molar-refractivity contribution >= 4 is 0 Å². The fourth-order valence-electron chi connectivity index (χ4n) is 2.33. The Kier molecular flexibility index (Phi) is 21.7. The molecule has 0 N–H and O–H groups in total. The molecule has 0 unspecified atom stereocenters. The van der Waals surface area contributed by atoms with Gasteiger partial charge in [0.2, 0.25) is 0 Å². The monoisotopic (exact) mass is 519 g/mol. The van der Waals surface area contributed by atoms with Gasteiger partial charge in [-0.05, 0) is 0 Å². The zero-order valence-corrected chi connectivity index (χ0v) is 23.9. The summed E-state index contributed by atoms with van der Waals surface area (Å²) in [5.41, 5.74) is 0. The topological polar surface area (TPSA) is 73.8 Å². The quantitative estimate of drug-likeness (QED) is 0.172. The average molecular weight is 520 g/mol. The van der Waals surface area contributed by atoms with Crippen LogP contribution in [0.15, 0.2) is 0 Å². The van der Waals surface area contributed by atoms with E-state index < -0.39 is 15.4 Å². The Morgan fingerprint density at radius 3 is 0.758 bits per heavy atom. The van der Waals surface area contributed by atoms with E-state index in [1.165, 1.54) is 0 Å². The Bertz CT molecular complexity index is 344. The summed E-state index contributed by atoms with van der Waals surface area (Å²) in [6.45, 7) is 22.8. The van der Waals surface area contributed by atoms with Gasteiger partial charge in [0, 0.05) is 0 Å². The van der Waals surface area contributed by atoms with E-state index in [-0.39, 0.29) is 0 Å². The van der Waals surface area contributed by atoms with Gasteiger partial charge in [-0.25, -0.2) is 0 Å². The van der Waals surface area contributed by atoms with E-state index in [9.17, 15) is 0 Å². The Morgan fingerprint density at radius 2 is 0.576 bits per heavy atom. The van der Waals surface area contributed by atoms with Crippen molar-refractivity contribution in [1.29, 1.82) is 0 Å². The number of ether oxygens (including phenoxy) is 4. The van der Waals surface area contributed by atoms with Crippen LogP contribution in [0.2, 0.25) is 0 Å². The molecular weight excluding hydrogens is 467 g/mol. The van der Waals surface area contributed by atoms with E-state index in [2.05, 4.69) is 55.4 Å². The van der Waals surface area contributed by atoms with Crippen LogP contribution in [0.25, 0.3) is 0 Å². The molecule has 0 aliphatic carbocycles. The zero-order valence-electron chi connectivity index (χ0n) is 22.5. The average Bonchev–Trinajstić information content (AvgIpc) is 2.71. The molecule has 0 aromatic heterocycles. The van der Waals surface area contributed by atoms with Crippen LogP contribution >= 0.6 is 0 Å². The molecule has 33 heavy (non-hydrogen) atoms. The van der Waals surface area contributed by atoms with E-state index in [1.807, 2.05) is 0 Å². The van der Waals surface area contributed by atoms with Gasteiger partial charge in [-0.1, -0.05) is 0 Å². The van der Waals surface area contributed by atoms with Crippen molar-refractivity contribution in [3.05, 3.63) is 0 Å². The third-order valence-corrected chi connectivity index (χ3v) is 6.83. The molecule has 0 atom stereocenters. The van der Waals surface area contributed by atoms with Gasteiger partial charge in [0.1, 0.15) is 0 Å². The molecule has 0 bridgehead atoms. The van der Waals surface area contributed by atoms with E-state index in [0.29, 0.717) is 103 Å². The van der Waals surface area contributed by atoms with Crippen molar-refractivity contribution in [1.82, 2.24) is 0 Å². The standard InChI is InChI=1S/4C6H13O2.V/c4*1-6(2)5-8-4-3-7;/h4*6H,3-5H2,1-2H3;/q4*-1;+4. The van der Waals surface area contributed by atoms with Gasteiger partial charge in [0.25, 0.3) is 0 Å². The first-order valence-corrected chi connectivity index (χ1v) is 14.7. The molecule has 0 heterocycles. The molecule has 0 spiro atoms. The summed E-state index contributed by atoms with van der Waals surface area (Å²) < 4.78 is 47.1. The predicted molar refractivity (Wildman–Crippen MR) is 126 cm³/mol. The van der Waals surface area contributed by atoms with E-state index >= 15 is 0 Å². The molecular formula is C24H52O8V. The normalized spacial score (nSPS) is 12.7. The van der Waals surface area contributed by atoms with Crippen LogP contribution in [0.1, 0.15) is 55.4 Å². The van der Waals surface area contributed by atoms with Crippen LogP contribution < -0.4 is 0 Å². The molecule has 8 nitrogen and oxygen atoms in total. The maximum atomic E-state index is 6.11. The van der Waals surface area contributed by atoms with Crippen LogP contribution in [0.3, 0.4) is 0 Å². The fourth-order valence-corrected chi connectivity index (χ4v) is 4.89. The summed E-state index contributed by atoms with van der Waals surface area (Å²) in [5, 5.41) is 0. The van der Waals surface area contributed by atoms with Crippen LogP contribution in [0.5, 0.6) is 0 Å². The third kappa shape index (κ3) is 22.5. The second kappa shape index (κ2) is 21.5. The van der Waals surface area contributed by atoms with Crippen molar-refractivity contribution in [2.24, 2.45) is 23.7 Å². The summed E-state index contributed by atoms with van der Waals surface area (Å²) >= 11 is -3.84. The number of rotatable bonds is 24. The first-order valence-electron chi connectivity index (χ1n) is 12.4. The van der Waals surface area contributed by atoms with E-state index in [1.54, 1.807) is 0 Å². The first-order chi connectivity index (χ1) is 15.7. The molecule has 9 heteroatoms. The van der Waals surface area contributed by atoms with Gasteiger partial charge in [-0.15, -0.1) is 0 Å². The van der Waals surface area contributed by atoms with Crippen molar-refractivity contribution in [3.8, 4) is 0 Å². The number of hydrogen-bond acceptors (Lipinski definition) is 8. The van der Waals surface area contributed by atoms with E-state index in [0.717, 1.165) is 0 Å². The third-order valence-electron chi connectivity index (χ3n) is 3.71. The van der Waals surface area contributed by atoms with Gasteiger partial charge in [0.15, 0.2) is 0 Å². The van der Waals surface area contributed by atoms with Crippen LogP contribution in [0, 0.1) is 23.7 Å². The molecule has 0 saturated heterocycles. The van der Waals surface area contributed by atoms with E-state index in [4.69, 9.17) is 33.6 Å². The minimum absolute atomic E-state index is 0.340. The summed E-state index contributed by atoms with van der Waals surface area (Å²) in [7, 11) is 0. The van der Waals surface area contributed by atoms with Gasteiger partial charge in [-0.2, -0.15) is 0 Å². The molecule has 0 saturated carbocycles. The second-order valence-electron chi connectivity index (χ2n) is 9.66. The Hall–Kier alpha value is 0.264. The first kappa shape index (κ1) is 33.3. The Labute approximate surface area is 207 Å². The summed E-state index contributed by atoms with van der Waals surface area (Å²) in [6, 6.07) is 0. The van der Waals surface area contributed by atoms with Crippen molar-refractivity contribution in [3.63, 3.8) is 0 Å². The summed E-state index contributed by atoms with van der Waals surface area (Å²) in [6.07, 6.45) is 0.